The molecule has 2 saturated carbocycles. The number of benzene rings is 2. The third kappa shape index (κ3) is 7.25. The van der Waals surface area contributed by atoms with E-state index in [-0.39, 0.29) is 7.25 Å². The van der Waals surface area contributed by atoms with Gasteiger partial charge in [0.1, 0.15) is 0 Å². The van der Waals surface area contributed by atoms with Gasteiger partial charge in [0.25, 0.3) is 0 Å². The van der Waals surface area contributed by atoms with Crippen LogP contribution in [0, 0.1) is 11.8 Å². The van der Waals surface area contributed by atoms with Crippen molar-refractivity contribution in [2.45, 2.75) is 124 Å². The summed E-state index contributed by atoms with van der Waals surface area (Å²) in [5, 5.41) is 0. The van der Waals surface area contributed by atoms with E-state index in [9.17, 15) is 0 Å². The van der Waals surface area contributed by atoms with Crippen LogP contribution in [0.4, 0.5) is 0 Å². The van der Waals surface area contributed by atoms with E-state index in [1.807, 2.05) is 0 Å². The standard InChI is InChI=1S/2C20H27Si.C2H7Si.2ClH.Zr/c2*1-21(2,3)13-12-17-10-7-11-18-14-19(15-20(17)18)16-8-5-4-6-9-16;1-3-2;;;/h2*7,10-16H,4-6,8-9H2,1-3H3;3H,1-2H3;2*1H;/q;;;;;+2/p-2. The molecule has 0 spiro atoms. The van der Waals surface area contributed by atoms with Crippen molar-refractivity contribution in [1.82, 2.24) is 0 Å². The molecule has 259 valence electrons. The average molecular weight is 812 g/mol. The van der Waals surface area contributed by atoms with Gasteiger partial charge in [-0.15, -0.1) is 0 Å². The van der Waals surface area contributed by atoms with E-state index in [1.54, 1.807) is 11.1 Å². The Labute approximate surface area is 304 Å². The van der Waals surface area contributed by atoms with Gasteiger partial charge in [0.05, 0.1) is 0 Å². The third-order valence-corrected chi connectivity index (χ3v) is 66.1. The minimum atomic E-state index is -4.85. The summed E-state index contributed by atoms with van der Waals surface area (Å²) in [6.45, 7) is 19.7. The van der Waals surface area contributed by atoms with Crippen LogP contribution in [-0.2, 0) is 15.6 Å². The molecule has 0 heterocycles. The first-order valence-corrected chi connectivity index (χ1v) is 42.7. The van der Waals surface area contributed by atoms with Crippen LogP contribution in [0.25, 0.3) is 24.3 Å². The Kier molecular flexibility index (Phi) is 11.0. The topological polar surface area (TPSA) is 0 Å². The van der Waals surface area contributed by atoms with Crippen LogP contribution in [0.15, 0.2) is 58.9 Å². The van der Waals surface area contributed by atoms with E-state index in [0.717, 1.165) is 0 Å². The summed E-state index contributed by atoms with van der Waals surface area (Å²) >= 11 is -4.85. The fourth-order valence-corrected chi connectivity index (χ4v) is 41.9. The van der Waals surface area contributed by atoms with Crippen molar-refractivity contribution in [3.05, 3.63) is 92.3 Å². The summed E-state index contributed by atoms with van der Waals surface area (Å²) in [5.41, 5.74) is 16.8. The number of allylic oxidation sites excluding steroid dienone is 2. The molecule has 48 heavy (non-hydrogen) atoms. The second kappa shape index (κ2) is 14.2. The number of hydrogen-bond acceptors (Lipinski definition) is 0. The van der Waals surface area contributed by atoms with Crippen LogP contribution in [0.5, 0.6) is 0 Å². The first kappa shape index (κ1) is 37.3. The molecule has 2 atom stereocenters. The molecule has 6 heteroatoms. The number of halogens is 2. The molecular weight excluding hydrogens is 751 g/mol. The zero-order chi connectivity index (χ0) is 34.5. The monoisotopic (exact) mass is 809 g/mol. The van der Waals surface area contributed by atoms with Crippen LogP contribution in [-0.4, -0.2) is 22.1 Å². The van der Waals surface area contributed by atoms with Crippen molar-refractivity contribution < 1.29 is 15.6 Å². The van der Waals surface area contributed by atoms with E-state index in [4.69, 9.17) is 17.0 Å². The van der Waals surface area contributed by atoms with E-state index in [2.05, 4.69) is 124 Å². The van der Waals surface area contributed by atoms with E-state index in [1.165, 1.54) is 97.6 Å². The van der Waals surface area contributed by atoms with Crippen LogP contribution >= 0.6 is 17.0 Å². The number of rotatable bonds is 9. The minimum absolute atomic E-state index is 0.198. The van der Waals surface area contributed by atoms with Crippen molar-refractivity contribution in [1.29, 1.82) is 0 Å². The fourth-order valence-electron chi connectivity index (χ4n) is 9.51. The van der Waals surface area contributed by atoms with Gasteiger partial charge in [-0.2, -0.15) is 0 Å². The molecule has 4 aliphatic rings. The average Bonchev–Trinajstić information content (AvgIpc) is 3.64. The quantitative estimate of drug-likeness (QED) is 0.221. The Morgan fingerprint density at radius 1 is 0.604 bits per heavy atom. The summed E-state index contributed by atoms with van der Waals surface area (Å²) in [4.78, 5) is 0. The zero-order valence-corrected chi connectivity index (χ0v) is 38.3. The van der Waals surface area contributed by atoms with Gasteiger partial charge in [-0.1, -0.05) is 0 Å². The van der Waals surface area contributed by atoms with Crippen LogP contribution in [0.2, 0.25) is 52.4 Å². The van der Waals surface area contributed by atoms with Gasteiger partial charge in [0.2, 0.25) is 0 Å². The Morgan fingerprint density at radius 3 is 1.31 bits per heavy atom. The Bertz CT molecular complexity index is 1520. The normalized spacial score (nSPS) is 23.8. The van der Waals surface area contributed by atoms with Crippen LogP contribution < -0.4 is 0 Å². The maximum atomic E-state index is 8.96. The molecule has 4 aliphatic carbocycles. The molecule has 0 amide bonds. The van der Waals surface area contributed by atoms with Crippen molar-refractivity contribution >= 4 is 63.4 Å². The van der Waals surface area contributed by atoms with E-state index >= 15 is 0 Å². The zero-order valence-electron chi connectivity index (χ0n) is 31.1. The molecule has 0 aromatic heterocycles. The Balaban J connectivity index is 1.60. The Hall–Kier alpha value is -0.486. The molecule has 6 rings (SSSR count). The second-order valence-electron chi connectivity index (χ2n) is 18.3. The van der Waals surface area contributed by atoms with Crippen molar-refractivity contribution in [3.8, 4) is 0 Å². The van der Waals surface area contributed by atoms with Gasteiger partial charge >= 0.3 is 307 Å². The Morgan fingerprint density at radius 2 is 0.979 bits per heavy atom. The van der Waals surface area contributed by atoms with Crippen molar-refractivity contribution in [2.75, 3.05) is 0 Å². The van der Waals surface area contributed by atoms with E-state index in [0.29, 0.717) is 11.8 Å². The second-order valence-corrected chi connectivity index (χ2v) is 70.9. The number of fused-ring (bicyclic) bond motifs is 2. The van der Waals surface area contributed by atoms with E-state index < -0.39 is 37.6 Å². The summed E-state index contributed by atoms with van der Waals surface area (Å²) in [5.74, 6) is -0.418. The first-order valence-electron chi connectivity index (χ1n) is 19.2. The van der Waals surface area contributed by atoms with Crippen molar-refractivity contribution in [2.24, 2.45) is 11.8 Å². The van der Waals surface area contributed by atoms with Gasteiger partial charge in [0.15, 0.2) is 0 Å². The molecule has 0 radical (unpaired) electrons. The van der Waals surface area contributed by atoms with Gasteiger partial charge in [-0.3, -0.25) is 0 Å². The van der Waals surface area contributed by atoms with Gasteiger partial charge in [-0.05, 0) is 0 Å². The van der Waals surface area contributed by atoms with Crippen molar-refractivity contribution in [3.63, 3.8) is 0 Å². The summed E-state index contributed by atoms with van der Waals surface area (Å²) in [6.07, 6.45) is 23.3. The molecule has 0 aliphatic heterocycles. The van der Waals surface area contributed by atoms with Gasteiger partial charge < -0.3 is 0 Å². The maximum absolute atomic E-state index is 8.96. The van der Waals surface area contributed by atoms with Crippen LogP contribution in [0.3, 0.4) is 0 Å². The molecule has 0 N–H and O–H groups in total. The third-order valence-electron chi connectivity index (χ3n) is 12.1. The molecular formula is C42H61Cl2Si3Zr. The predicted octanol–water partition coefficient (Wildman–Crippen LogP) is 14.2. The summed E-state index contributed by atoms with van der Waals surface area (Å²) < 4.78 is 0.396. The molecule has 2 aromatic carbocycles. The summed E-state index contributed by atoms with van der Waals surface area (Å²) in [7, 11) is 15.2. The molecule has 2 aromatic rings. The van der Waals surface area contributed by atoms with Gasteiger partial charge in [0, 0.05) is 0 Å². The molecule has 2 fully saturated rings. The molecule has 0 bridgehead atoms. The van der Waals surface area contributed by atoms with Crippen LogP contribution in [0.1, 0.15) is 105 Å². The SMILES string of the molecule is C[SiH](C)[Zr]([Cl])([Cl])([CH]1C(C2CCCCC2)=Cc2c(C=C[Si](C)(C)C)cccc21)[CH]1C(C2CCCCC2)=Cc2c(C=C[Si](C)(C)C)cccc21. The molecule has 0 saturated heterocycles. The van der Waals surface area contributed by atoms with Gasteiger partial charge in [-0.25, -0.2) is 0 Å². The first-order chi connectivity index (χ1) is 22.6. The molecule has 2 unspecified atom stereocenters. The predicted molar refractivity (Wildman–Crippen MR) is 223 cm³/mol. The summed E-state index contributed by atoms with van der Waals surface area (Å²) in [6, 6.07) is 14.2. The number of hydrogen-bond donors (Lipinski definition) is 0. The fraction of sp³-hybridized carbons (Fsp3) is 0.524. The molecule has 0 nitrogen and oxygen atoms in total.